The molecule has 1 heterocycles. The summed E-state index contributed by atoms with van der Waals surface area (Å²) in [5, 5.41) is 11.2. The monoisotopic (exact) mass is 271 g/mol. The number of nitrogens with one attached hydrogen (secondary N) is 1. The molecule has 0 radical (unpaired) electrons. The molecule has 0 bridgehead atoms. The van der Waals surface area contributed by atoms with E-state index in [0.717, 1.165) is 18.8 Å². The fraction of sp³-hybridized carbons (Fsp3) is 0.400. The van der Waals surface area contributed by atoms with Gasteiger partial charge in [0.05, 0.1) is 6.20 Å². The van der Waals surface area contributed by atoms with Crippen molar-refractivity contribution < 1.29 is 0 Å². The molecule has 0 spiro atoms. The first-order valence-corrected chi connectivity index (χ1v) is 6.98. The van der Waals surface area contributed by atoms with E-state index in [4.69, 9.17) is 0 Å². The molecule has 1 aromatic heterocycles. The number of aromatic nitrogens is 3. The average Bonchev–Trinajstić information content (AvgIpc) is 2.52. The zero-order valence-electron chi connectivity index (χ0n) is 12.1. The number of hydrogen-bond acceptors (Lipinski definition) is 5. The minimum absolute atomic E-state index is 0.565. The van der Waals surface area contributed by atoms with Gasteiger partial charge in [-0.15, -0.1) is 5.10 Å². The molecule has 1 aromatic carbocycles. The average molecular weight is 271 g/mol. The van der Waals surface area contributed by atoms with Crippen LogP contribution in [0.25, 0.3) is 0 Å². The summed E-state index contributed by atoms with van der Waals surface area (Å²) < 4.78 is 0. The van der Waals surface area contributed by atoms with Crippen LogP contribution in [0, 0.1) is 0 Å². The van der Waals surface area contributed by atoms with Gasteiger partial charge in [-0.05, 0) is 12.0 Å². The summed E-state index contributed by atoms with van der Waals surface area (Å²) in [5.74, 6) is 1.42. The van der Waals surface area contributed by atoms with Gasteiger partial charge in [0.2, 0.25) is 5.95 Å². The van der Waals surface area contributed by atoms with Gasteiger partial charge in [0.25, 0.3) is 0 Å². The van der Waals surface area contributed by atoms with Gasteiger partial charge in [0.1, 0.15) is 0 Å². The number of anilines is 2. The van der Waals surface area contributed by atoms with Gasteiger partial charge in [-0.25, -0.2) is 0 Å². The highest BCUT2D eigenvalue weighted by atomic mass is 15.3. The van der Waals surface area contributed by atoms with Crippen molar-refractivity contribution in [1.29, 1.82) is 0 Å². The first-order valence-electron chi connectivity index (χ1n) is 6.98. The molecule has 0 amide bonds. The van der Waals surface area contributed by atoms with Gasteiger partial charge in [-0.1, -0.05) is 43.7 Å². The molecular formula is C15H21N5. The number of benzene rings is 1. The first-order chi connectivity index (χ1) is 9.79. The van der Waals surface area contributed by atoms with Crippen molar-refractivity contribution in [3.05, 3.63) is 42.1 Å². The molecule has 0 fully saturated rings. The second kappa shape index (κ2) is 7.43. The lowest BCUT2D eigenvalue weighted by Gasteiger charge is -2.17. The van der Waals surface area contributed by atoms with Crippen LogP contribution >= 0.6 is 0 Å². The van der Waals surface area contributed by atoms with Crippen LogP contribution in [0.4, 0.5) is 11.8 Å². The summed E-state index contributed by atoms with van der Waals surface area (Å²) >= 11 is 0. The largest absolute Gasteiger partial charge is 0.358 e. The van der Waals surface area contributed by atoms with E-state index in [9.17, 15) is 0 Å². The van der Waals surface area contributed by atoms with Crippen molar-refractivity contribution in [2.24, 2.45) is 0 Å². The lowest BCUT2D eigenvalue weighted by Crippen LogP contribution is -2.20. The number of nitrogens with zero attached hydrogens (tertiary/aromatic N) is 4. The molecule has 0 aliphatic rings. The Hall–Kier alpha value is -2.17. The van der Waals surface area contributed by atoms with E-state index < -0.39 is 0 Å². The van der Waals surface area contributed by atoms with Crippen LogP contribution in [0.15, 0.2) is 36.5 Å². The second-order valence-corrected chi connectivity index (χ2v) is 4.75. The molecule has 0 unspecified atom stereocenters. The van der Waals surface area contributed by atoms with E-state index in [1.165, 1.54) is 12.0 Å². The van der Waals surface area contributed by atoms with E-state index in [2.05, 4.69) is 44.5 Å². The molecule has 0 aliphatic heterocycles. The van der Waals surface area contributed by atoms with E-state index in [1.54, 1.807) is 6.20 Å². The van der Waals surface area contributed by atoms with Gasteiger partial charge < -0.3 is 10.2 Å². The zero-order valence-corrected chi connectivity index (χ0v) is 12.1. The first kappa shape index (κ1) is 14.2. The zero-order chi connectivity index (χ0) is 14.2. The Kier molecular flexibility index (Phi) is 5.29. The molecule has 2 rings (SSSR count). The number of rotatable bonds is 7. The van der Waals surface area contributed by atoms with Crippen molar-refractivity contribution >= 4 is 11.8 Å². The van der Waals surface area contributed by atoms with Crippen LogP contribution in [0.1, 0.15) is 25.3 Å². The molecule has 106 valence electrons. The summed E-state index contributed by atoms with van der Waals surface area (Å²) in [7, 11) is 2.03. The van der Waals surface area contributed by atoms with Gasteiger partial charge in [0, 0.05) is 20.1 Å². The van der Waals surface area contributed by atoms with Crippen molar-refractivity contribution in [2.75, 3.05) is 23.8 Å². The van der Waals surface area contributed by atoms with Crippen LogP contribution < -0.4 is 10.2 Å². The maximum absolute atomic E-state index is 4.48. The Morgan fingerprint density at radius 1 is 1.20 bits per heavy atom. The molecule has 0 saturated carbocycles. The standard InChI is InChI=1S/C15H21N5/c1-3-4-10-20(2)14-12-17-19-15(18-14)16-11-13-8-6-5-7-9-13/h5-9,12H,3-4,10-11H2,1-2H3,(H,16,18,19). The predicted molar refractivity (Wildman–Crippen MR) is 81.8 cm³/mol. The van der Waals surface area contributed by atoms with Gasteiger partial charge >= 0.3 is 0 Å². The molecular weight excluding hydrogens is 250 g/mol. The van der Waals surface area contributed by atoms with Crippen LogP contribution in [0.3, 0.4) is 0 Å². The fourth-order valence-electron chi connectivity index (χ4n) is 1.84. The van der Waals surface area contributed by atoms with E-state index >= 15 is 0 Å². The topological polar surface area (TPSA) is 53.9 Å². The van der Waals surface area contributed by atoms with Crippen LogP contribution in [-0.4, -0.2) is 28.8 Å². The Bertz CT molecular complexity index is 515. The maximum Gasteiger partial charge on any atom is 0.244 e. The molecule has 0 atom stereocenters. The quantitative estimate of drug-likeness (QED) is 0.839. The normalized spacial score (nSPS) is 10.3. The summed E-state index contributed by atoms with van der Waals surface area (Å²) in [6.45, 7) is 3.86. The number of unbranched alkanes of at least 4 members (excludes halogenated alkanes) is 1. The number of hydrogen-bond donors (Lipinski definition) is 1. The highest BCUT2D eigenvalue weighted by Gasteiger charge is 2.05. The van der Waals surface area contributed by atoms with Crippen molar-refractivity contribution in [3.8, 4) is 0 Å². The van der Waals surface area contributed by atoms with E-state index in [0.29, 0.717) is 12.5 Å². The summed E-state index contributed by atoms with van der Waals surface area (Å²) in [5.41, 5.74) is 1.20. The van der Waals surface area contributed by atoms with E-state index in [-0.39, 0.29) is 0 Å². The Balaban J connectivity index is 1.95. The second-order valence-electron chi connectivity index (χ2n) is 4.75. The molecule has 0 saturated heterocycles. The fourth-order valence-corrected chi connectivity index (χ4v) is 1.84. The van der Waals surface area contributed by atoms with Gasteiger partial charge in [-0.2, -0.15) is 10.1 Å². The highest BCUT2D eigenvalue weighted by Crippen LogP contribution is 2.10. The van der Waals surface area contributed by atoms with Crippen LogP contribution in [-0.2, 0) is 6.54 Å². The lowest BCUT2D eigenvalue weighted by atomic mass is 10.2. The van der Waals surface area contributed by atoms with Crippen molar-refractivity contribution in [3.63, 3.8) is 0 Å². The summed E-state index contributed by atoms with van der Waals surface area (Å²) in [6.07, 6.45) is 4.01. The van der Waals surface area contributed by atoms with Crippen LogP contribution in [0.5, 0.6) is 0 Å². The minimum atomic E-state index is 0.565. The van der Waals surface area contributed by atoms with Crippen LogP contribution in [0.2, 0.25) is 0 Å². The third kappa shape index (κ3) is 4.19. The molecule has 5 nitrogen and oxygen atoms in total. The molecule has 5 heteroatoms. The Labute approximate surface area is 120 Å². The maximum atomic E-state index is 4.48. The molecule has 1 N–H and O–H groups in total. The Morgan fingerprint density at radius 3 is 2.75 bits per heavy atom. The molecule has 20 heavy (non-hydrogen) atoms. The van der Waals surface area contributed by atoms with Crippen molar-refractivity contribution in [2.45, 2.75) is 26.3 Å². The van der Waals surface area contributed by atoms with Gasteiger partial charge in [0.15, 0.2) is 5.82 Å². The Morgan fingerprint density at radius 2 is 2.00 bits per heavy atom. The van der Waals surface area contributed by atoms with E-state index in [1.807, 2.05) is 25.2 Å². The summed E-state index contributed by atoms with van der Waals surface area (Å²) in [4.78, 5) is 6.58. The highest BCUT2D eigenvalue weighted by molar-refractivity contribution is 5.39. The van der Waals surface area contributed by atoms with Crippen molar-refractivity contribution in [1.82, 2.24) is 15.2 Å². The SMILES string of the molecule is CCCCN(C)c1cnnc(NCc2ccccc2)n1. The lowest BCUT2D eigenvalue weighted by molar-refractivity contribution is 0.753. The smallest absolute Gasteiger partial charge is 0.244 e. The van der Waals surface area contributed by atoms with Gasteiger partial charge in [-0.3, -0.25) is 0 Å². The summed E-state index contributed by atoms with van der Waals surface area (Å²) in [6, 6.07) is 10.2. The third-order valence-corrected chi connectivity index (χ3v) is 3.08. The predicted octanol–water partition coefficient (Wildman–Crippen LogP) is 2.72. The molecule has 2 aromatic rings. The third-order valence-electron chi connectivity index (χ3n) is 3.08. The minimum Gasteiger partial charge on any atom is -0.358 e. The molecule has 0 aliphatic carbocycles.